The SMILES string of the molecule is c1ccc(N(c2cccc(C3=NOCC3)c2)c2cccc(-n3cccc3)n2)cc1. The topological polar surface area (TPSA) is 42.6 Å². The minimum absolute atomic E-state index is 0.641. The van der Waals surface area contributed by atoms with Crippen LogP contribution >= 0.6 is 0 Å². The minimum atomic E-state index is 0.641. The van der Waals surface area contributed by atoms with Crippen molar-refractivity contribution >= 4 is 22.9 Å². The molecule has 2 aromatic carbocycles. The third-order valence-corrected chi connectivity index (χ3v) is 4.87. The molecule has 1 aliphatic heterocycles. The summed E-state index contributed by atoms with van der Waals surface area (Å²) >= 11 is 0. The molecule has 5 heteroatoms. The molecule has 0 N–H and O–H groups in total. The van der Waals surface area contributed by atoms with Gasteiger partial charge in [-0.25, -0.2) is 4.98 Å². The average molecular weight is 380 g/mol. The number of pyridine rings is 1. The largest absolute Gasteiger partial charge is 0.395 e. The Bertz CT molecular complexity index is 1140. The van der Waals surface area contributed by atoms with Crippen LogP contribution in [0.15, 0.2) is 102 Å². The van der Waals surface area contributed by atoms with Crippen LogP contribution in [0.2, 0.25) is 0 Å². The van der Waals surface area contributed by atoms with Crippen LogP contribution in [-0.4, -0.2) is 21.9 Å². The van der Waals surface area contributed by atoms with Crippen LogP contribution in [0.4, 0.5) is 17.2 Å². The summed E-state index contributed by atoms with van der Waals surface area (Å²) in [5.74, 6) is 1.72. The first kappa shape index (κ1) is 17.3. The maximum absolute atomic E-state index is 5.20. The molecule has 0 fully saturated rings. The van der Waals surface area contributed by atoms with Crippen molar-refractivity contribution in [2.24, 2.45) is 5.16 Å². The van der Waals surface area contributed by atoms with Gasteiger partial charge in [-0.05, 0) is 48.5 Å². The van der Waals surface area contributed by atoms with Crippen molar-refractivity contribution in [1.82, 2.24) is 9.55 Å². The van der Waals surface area contributed by atoms with Crippen molar-refractivity contribution in [3.8, 4) is 5.82 Å². The second kappa shape index (κ2) is 7.64. The van der Waals surface area contributed by atoms with Gasteiger partial charge in [-0.2, -0.15) is 0 Å². The number of nitrogens with zero attached hydrogens (tertiary/aromatic N) is 4. The molecule has 0 spiro atoms. The Labute approximate surface area is 169 Å². The van der Waals surface area contributed by atoms with Gasteiger partial charge in [-0.1, -0.05) is 41.6 Å². The zero-order valence-corrected chi connectivity index (χ0v) is 15.8. The van der Waals surface area contributed by atoms with E-state index in [1.165, 1.54) is 0 Å². The molecular weight excluding hydrogens is 360 g/mol. The van der Waals surface area contributed by atoms with E-state index in [0.29, 0.717) is 6.61 Å². The highest BCUT2D eigenvalue weighted by Crippen LogP contribution is 2.34. The Morgan fingerprint density at radius 2 is 1.59 bits per heavy atom. The molecule has 29 heavy (non-hydrogen) atoms. The molecule has 0 atom stereocenters. The van der Waals surface area contributed by atoms with Gasteiger partial charge in [0.2, 0.25) is 0 Å². The number of oxime groups is 1. The Morgan fingerprint density at radius 1 is 0.793 bits per heavy atom. The van der Waals surface area contributed by atoms with Crippen LogP contribution in [0.5, 0.6) is 0 Å². The van der Waals surface area contributed by atoms with Gasteiger partial charge in [-0.3, -0.25) is 4.90 Å². The molecule has 0 radical (unpaired) electrons. The van der Waals surface area contributed by atoms with Crippen molar-refractivity contribution in [3.05, 3.63) is 103 Å². The third kappa shape index (κ3) is 3.50. The minimum Gasteiger partial charge on any atom is -0.395 e. The number of rotatable bonds is 5. The van der Waals surface area contributed by atoms with E-state index in [-0.39, 0.29) is 0 Å². The molecular formula is C24H20N4O. The molecule has 4 aromatic rings. The van der Waals surface area contributed by atoms with E-state index in [0.717, 1.165) is 40.7 Å². The molecule has 5 rings (SSSR count). The molecule has 0 bridgehead atoms. The first-order valence-corrected chi connectivity index (χ1v) is 9.63. The van der Waals surface area contributed by atoms with Crippen LogP contribution in [0, 0.1) is 0 Å². The third-order valence-electron chi connectivity index (χ3n) is 4.87. The molecule has 142 valence electrons. The van der Waals surface area contributed by atoms with E-state index in [1.54, 1.807) is 0 Å². The fourth-order valence-corrected chi connectivity index (χ4v) is 3.49. The molecule has 2 aromatic heterocycles. The van der Waals surface area contributed by atoms with Crippen molar-refractivity contribution in [2.45, 2.75) is 6.42 Å². The Morgan fingerprint density at radius 3 is 2.38 bits per heavy atom. The summed E-state index contributed by atoms with van der Waals surface area (Å²) in [6, 6.07) is 28.7. The summed E-state index contributed by atoms with van der Waals surface area (Å²) in [6.07, 6.45) is 4.83. The van der Waals surface area contributed by atoms with Crippen LogP contribution in [0.3, 0.4) is 0 Å². The standard InChI is InChI=1S/C24H20N4O/c1-2-9-20(10-3-1)28(21-11-6-8-19(18-21)22-14-17-29-26-22)24-13-7-12-23(25-24)27-15-4-5-16-27/h1-13,15-16,18H,14,17H2. The van der Waals surface area contributed by atoms with Gasteiger partial charge in [0.15, 0.2) is 0 Å². The summed E-state index contributed by atoms with van der Waals surface area (Å²) in [7, 11) is 0. The highest BCUT2D eigenvalue weighted by Gasteiger charge is 2.17. The van der Waals surface area contributed by atoms with E-state index < -0.39 is 0 Å². The summed E-state index contributed by atoms with van der Waals surface area (Å²) in [4.78, 5) is 12.3. The second-order valence-electron chi connectivity index (χ2n) is 6.79. The van der Waals surface area contributed by atoms with Gasteiger partial charge < -0.3 is 9.40 Å². The number of hydrogen-bond acceptors (Lipinski definition) is 4. The summed E-state index contributed by atoms with van der Waals surface area (Å²) in [5.41, 5.74) is 4.13. The fraction of sp³-hybridized carbons (Fsp3) is 0.0833. The van der Waals surface area contributed by atoms with Gasteiger partial charge >= 0.3 is 0 Å². The highest BCUT2D eigenvalue weighted by atomic mass is 16.6. The number of hydrogen-bond donors (Lipinski definition) is 0. The van der Waals surface area contributed by atoms with Crippen molar-refractivity contribution in [1.29, 1.82) is 0 Å². The molecule has 0 saturated heterocycles. The first-order valence-electron chi connectivity index (χ1n) is 9.63. The van der Waals surface area contributed by atoms with Gasteiger partial charge in [0, 0.05) is 35.8 Å². The van der Waals surface area contributed by atoms with E-state index in [2.05, 4.69) is 46.5 Å². The predicted octanol–water partition coefficient (Wildman–Crippen LogP) is 5.47. The van der Waals surface area contributed by atoms with Gasteiger partial charge in [0.1, 0.15) is 18.2 Å². The maximum atomic E-state index is 5.20. The number of anilines is 3. The lowest BCUT2D eigenvalue weighted by Gasteiger charge is -2.25. The Kier molecular flexibility index (Phi) is 4.54. The predicted molar refractivity (Wildman–Crippen MR) is 115 cm³/mol. The number of aromatic nitrogens is 2. The molecule has 0 amide bonds. The van der Waals surface area contributed by atoms with Gasteiger partial charge in [-0.15, -0.1) is 0 Å². The Hall–Kier alpha value is -3.86. The Balaban J connectivity index is 1.62. The van der Waals surface area contributed by atoms with E-state index in [4.69, 9.17) is 9.82 Å². The van der Waals surface area contributed by atoms with Gasteiger partial charge in [0.25, 0.3) is 0 Å². The summed E-state index contributed by atoms with van der Waals surface area (Å²) < 4.78 is 2.01. The van der Waals surface area contributed by atoms with Crippen LogP contribution in [-0.2, 0) is 4.84 Å². The number of para-hydroxylation sites is 1. The van der Waals surface area contributed by atoms with Gasteiger partial charge in [0.05, 0.1) is 5.71 Å². The van der Waals surface area contributed by atoms with Crippen molar-refractivity contribution in [2.75, 3.05) is 11.5 Å². The zero-order chi connectivity index (χ0) is 19.5. The van der Waals surface area contributed by atoms with E-state index >= 15 is 0 Å². The van der Waals surface area contributed by atoms with Crippen LogP contribution < -0.4 is 4.90 Å². The molecule has 0 aliphatic carbocycles. The van der Waals surface area contributed by atoms with Crippen molar-refractivity contribution in [3.63, 3.8) is 0 Å². The molecule has 5 nitrogen and oxygen atoms in total. The lowest BCUT2D eigenvalue weighted by atomic mass is 10.1. The lowest BCUT2D eigenvalue weighted by Crippen LogP contribution is -2.13. The number of benzene rings is 2. The molecule has 0 unspecified atom stereocenters. The van der Waals surface area contributed by atoms with Crippen LogP contribution in [0.25, 0.3) is 5.82 Å². The fourth-order valence-electron chi connectivity index (χ4n) is 3.49. The smallest absolute Gasteiger partial charge is 0.140 e. The summed E-state index contributed by atoms with van der Waals surface area (Å²) in [6.45, 7) is 0.641. The molecule has 0 saturated carbocycles. The molecule has 1 aliphatic rings. The quantitative estimate of drug-likeness (QED) is 0.461. The van der Waals surface area contributed by atoms with Crippen LogP contribution in [0.1, 0.15) is 12.0 Å². The van der Waals surface area contributed by atoms with Crippen molar-refractivity contribution < 1.29 is 4.84 Å². The first-order chi connectivity index (χ1) is 14.4. The monoisotopic (exact) mass is 380 g/mol. The second-order valence-corrected chi connectivity index (χ2v) is 6.79. The zero-order valence-electron chi connectivity index (χ0n) is 15.8. The summed E-state index contributed by atoms with van der Waals surface area (Å²) in [5, 5.41) is 4.18. The normalized spacial score (nSPS) is 13.0. The highest BCUT2D eigenvalue weighted by molar-refractivity contribution is 6.02. The lowest BCUT2D eigenvalue weighted by molar-refractivity contribution is 0.174. The maximum Gasteiger partial charge on any atom is 0.140 e. The van der Waals surface area contributed by atoms with E-state index in [9.17, 15) is 0 Å². The molecule has 3 heterocycles. The van der Waals surface area contributed by atoms with E-state index in [1.807, 2.05) is 65.5 Å². The average Bonchev–Trinajstić information content (AvgIpc) is 3.50.